The molecule has 2 rings (SSSR count). The zero-order valence-corrected chi connectivity index (χ0v) is 11.5. The maximum atomic E-state index is 12.0. The van der Waals surface area contributed by atoms with Gasteiger partial charge in [0, 0.05) is 31.1 Å². The Balaban J connectivity index is 2.08. The Bertz CT molecular complexity index is 552. The standard InChI is InChI=1S/C14H19N5O/c1-2-5-11(15)10-13(20)18-12-6-3-7-16-14(12)19-9-4-8-17-19/h3-4,6-9,11H,2,5,10,15H2,1H3,(H,18,20). The highest BCUT2D eigenvalue weighted by Gasteiger charge is 2.12. The molecule has 20 heavy (non-hydrogen) atoms. The van der Waals surface area contributed by atoms with Crippen LogP contribution < -0.4 is 11.1 Å². The van der Waals surface area contributed by atoms with Crippen molar-refractivity contribution in [3.8, 4) is 5.82 Å². The normalized spacial score (nSPS) is 12.1. The number of nitrogens with one attached hydrogen (secondary N) is 1. The lowest BCUT2D eigenvalue weighted by Gasteiger charge is -2.12. The van der Waals surface area contributed by atoms with Gasteiger partial charge in [-0.15, -0.1) is 0 Å². The third-order valence-corrected chi connectivity index (χ3v) is 2.89. The predicted molar refractivity (Wildman–Crippen MR) is 77.5 cm³/mol. The number of carbonyl (C=O) groups excluding carboxylic acids is 1. The van der Waals surface area contributed by atoms with Gasteiger partial charge in [-0.3, -0.25) is 4.79 Å². The van der Waals surface area contributed by atoms with E-state index >= 15 is 0 Å². The van der Waals surface area contributed by atoms with E-state index in [-0.39, 0.29) is 11.9 Å². The Hall–Kier alpha value is -2.21. The summed E-state index contributed by atoms with van der Waals surface area (Å²) in [4.78, 5) is 16.2. The van der Waals surface area contributed by atoms with E-state index in [0.29, 0.717) is 17.9 Å². The molecule has 0 radical (unpaired) electrons. The number of rotatable bonds is 6. The average Bonchev–Trinajstić information content (AvgIpc) is 2.93. The molecule has 2 heterocycles. The highest BCUT2D eigenvalue weighted by atomic mass is 16.1. The molecule has 6 heteroatoms. The van der Waals surface area contributed by atoms with Crippen LogP contribution in [0.25, 0.3) is 5.82 Å². The Labute approximate surface area is 118 Å². The predicted octanol–water partition coefficient (Wildman–Crippen LogP) is 1.72. The van der Waals surface area contributed by atoms with Crippen molar-refractivity contribution >= 4 is 11.6 Å². The van der Waals surface area contributed by atoms with Crippen molar-refractivity contribution in [1.82, 2.24) is 14.8 Å². The lowest BCUT2D eigenvalue weighted by Crippen LogP contribution is -2.27. The fourth-order valence-corrected chi connectivity index (χ4v) is 1.98. The Morgan fingerprint density at radius 1 is 1.45 bits per heavy atom. The van der Waals surface area contributed by atoms with Gasteiger partial charge in [0.15, 0.2) is 5.82 Å². The molecule has 0 saturated heterocycles. The number of hydrogen-bond donors (Lipinski definition) is 2. The van der Waals surface area contributed by atoms with Crippen LogP contribution in [0.15, 0.2) is 36.8 Å². The van der Waals surface area contributed by atoms with Crippen LogP contribution in [0.1, 0.15) is 26.2 Å². The first kappa shape index (κ1) is 14.2. The summed E-state index contributed by atoms with van der Waals surface area (Å²) < 4.78 is 1.61. The minimum Gasteiger partial charge on any atom is -0.327 e. The van der Waals surface area contributed by atoms with Gasteiger partial charge < -0.3 is 11.1 Å². The van der Waals surface area contributed by atoms with Gasteiger partial charge >= 0.3 is 0 Å². The maximum Gasteiger partial charge on any atom is 0.226 e. The summed E-state index contributed by atoms with van der Waals surface area (Å²) in [5, 5.41) is 6.97. The first-order chi connectivity index (χ1) is 9.70. The van der Waals surface area contributed by atoms with Gasteiger partial charge in [0.2, 0.25) is 5.91 Å². The summed E-state index contributed by atoms with van der Waals surface area (Å²) in [5.41, 5.74) is 6.51. The zero-order chi connectivity index (χ0) is 14.4. The lowest BCUT2D eigenvalue weighted by atomic mass is 10.1. The van der Waals surface area contributed by atoms with E-state index in [1.165, 1.54) is 0 Å². The summed E-state index contributed by atoms with van der Waals surface area (Å²) in [5.74, 6) is 0.488. The Morgan fingerprint density at radius 3 is 3.00 bits per heavy atom. The van der Waals surface area contributed by atoms with E-state index in [1.54, 1.807) is 41.5 Å². The molecule has 0 fully saturated rings. The fourth-order valence-electron chi connectivity index (χ4n) is 1.98. The SMILES string of the molecule is CCCC(N)CC(=O)Nc1cccnc1-n1cccn1. The second kappa shape index (κ2) is 6.81. The van der Waals surface area contributed by atoms with Gasteiger partial charge in [-0.1, -0.05) is 13.3 Å². The summed E-state index contributed by atoms with van der Waals surface area (Å²) in [6.45, 7) is 2.05. The second-order valence-electron chi connectivity index (χ2n) is 4.63. The van der Waals surface area contributed by atoms with E-state index in [4.69, 9.17) is 5.73 Å². The highest BCUT2D eigenvalue weighted by molar-refractivity contribution is 5.92. The smallest absolute Gasteiger partial charge is 0.226 e. The molecule has 0 saturated carbocycles. The molecule has 3 N–H and O–H groups in total. The van der Waals surface area contributed by atoms with E-state index in [9.17, 15) is 4.79 Å². The first-order valence-electron chi connectivity index (χ1n) is 6.71. The molecular formula is C14H19N5O. The van der Waals surface area contributed by atoms with Crippen LogP contribution in [0.5, 0.6) is 0 Å². The number of pyridine rings is 1. The third-order valence-electron chi connectivity index (χ3n) is 2.89. The van der Waals surface area contributed by atoms with E-state index in [2.05, 4.69) is 22.3 Å². The van der Waals surface area contributed by atoms with E-state index < -0.39 is 0 Å². The Kier molecular flexibility index (Phi) is 4.84. The van der Waals surface area contributed by atoms with Crippen LogP contribution in [-0.4, -0.2) is 26.7 Å². The average molecular weight is 273 g/mol. The molecule has 6 nitrogen and oxygen atoms in total. The van der Waals surface area contributed by atoms with Crippen LogP contribution in [0, 0.1) is 0 Å². The van der Waals surface area contributed by atoms with Gasteiger partial charge in [0.25, 0.3) is 0 Å². The number of nitrogens with two attached hydrogens (primary N) is 1. The molecule has 1 unspecified atom stereocenters. The first-order valence-corrected chi connectivity index (χ1v) is 6.71. The summed E-state index contributed by atoms with van der Waals surface area (Å²) in [7, 11) is 0. The molecule has 1 amide bonds. The number of anilines is 1. The van der Waals surface area contributed by atoms with Crippen molar-refractivity contribution in [1.29, 1.82) is 0 Å². The number of hydrogen-bond acceptors (Lipinski definition) is 4. The largest absolute Gasteiger partial charge is 0.327 e. The highest BCUT2D eigenvalue weighted by Crippen LogP contribution is 2.16. The van der Waals surface area contributed by atoms with Crippen LogP contribution in [0.3, 0.4) is 0 Å². The van der Waals surface area contributed by atoms with Crippen molar-refractivity contribution in [2.75, 3.05) is 5.32 Å². The molecule has 0 bridgehead atoms. The number of aromatic nitrogens is 3. The topological polar surface area (TPSA) is 85.8 Å². The molecule has 0 aromatic carbocycles. The number of nitrogens with zero attached hydrogens (tertiary/aromatic N) is 3. The van der Waals surface area contributed by atoms with Crippen molar-refractivity contribution in [3.05, 3.63) is 36.8 Å². The zero-order valence-electron chi connectivity index (χ0n) is 11.5. The van der Waals surface area contributed by atoms with Gasteiger partial charge in [-0.05, 0) is 24.6 Å². The fraction of sp³-hybridized carbons (Fsp3) is 0.357. The van der Waals surface area contributed by atoms with Crippen molar-refractivity contribution in [2.45, 2.75) is 32.2 Å². The minimum atomic E-state index is -0.107. The third kappa shape index (κ3) is 3.64. The van der Waals surface area contributed by atoms with E-state index in [0.717, 1.165) is 12.8 Å². The maximum absolute atomic E-state index is 12.0. The molecule has 2 aromatic heterocycles. The quantitative estimate of drug-likeness (QED) is 0.839. The van der Waals surface area contributed by atoms with Crippen molar-refractivity contribution < 1.29 is 4.79 Å². The summed E-state index contributed by atoms with van der Waals surface area (Å²) in [6.07, 6.45) is 7.22. The second-order valence-corrected chi connectivity index (χ2v) is 4.63. The van der Waals surface area contributed by atoms with Gasteiger partial charge in [-0.25, -0.2) is 9.67 Å². The van der Waals surface area contributed by atoms with Gasteiger partial charge in [-0.2, -0.15) is 5.10 Å². The van der Waals surface area contributed by atoms with Crippen LogP contribution in [-0.2, 0) is 4.79 Å². The minimum absolute atomic E-state index is 0.104. The molecule has 0 aliphatic heterocycles. The van der Waals surface area contributed by atoms with E-state index in [1.807, 2.05) is 0 Å². The molecule has 0 aliphatic carbocycles. The summed E-state index contributed by atoms with van der Waals surface area (Å²) in [6, 6.07) is 5.27. The van der Waals surface area contributed by atoms with Crippen molar-refractivity contribution in [3.63, 3.8) is 0 Å². The summed E-state index contributed by atoms with van der Waals surface area (Å²) >= 11 is 0. The Morgan fingerprint density at radius 2 is 2.30 bits per heavy atom. The number of carbonyl (C=O) groups is 1. The molecule has 1 atom stereocenters. The monoisotopic (exact) mass is 273 g/mol. The molecule has 2 aromatic rings. The van der Waals surface area contributed by atoms with Crippen LogP contribution in [0.4, 0.5) is 5.69 Å². The van der Waals surface area contributed by atoms with Gasteiger partial charge in [0.05, 0.1) is 5.69 Å². The molecule has 0 aliphatic rings. The molecule has 0 spiro atoms. The van der Waals surface area contributed by atoms with Crippen LogP contribution >= 0.6 is 0 Å². The van der Waals surface area contributed by atoms with Gasteiger partial charge in [0.1, 0.15) is 0 Å². The van der Waals surface area contributed by atoms with Crippen LogP contribution in [0.2, 0.25) is 0 Å². The number of amides is 1. The molecular weight excluding hydrogens is 254 g/mol. The van der Waals surface area contributed by atoms with Crippen molar-refractivity contribution in [2.24, 2.45) is 5.73 Å². The lowest BCUT2D eigenvalue weighted by molar-refractivity contribution is -0.116. The molecule has 106 valence electrons.